The molecule has 1 aliphatic heterocycles. The Bertz CT molecular complexity index is 785. The number of carbonyl (C=O) groups excluding carboxylic acids is 2. The van der Waals surface area contributed by atoms with Gasteiger partial charge in [-0.15, -0.1) is 0 Å². The van der Waals surface area contributed by atoms with Crippen LogP contribution < -0.4 is 0 Å². The van der Waals surface area contributed by atoms with Gasteiger partial charge >= 0.3 is 0 Å². The van der Waals surface area contributed by atoms with Gasteiger partial charge in [-0.2, -0.15) is 0 Å². The molecular weight excluding hydrogens is 335 g/mol. The number of hydrogen-bond acceptors (Lipinski definition) is 3. The van der Waals surface area contributed by atoms with E-state index in [9.17, 15) is 14.0 Å². The van der Waals surface area contributed by atoms with Crippen LogP contribution in [0.2, 0.25) is 0 Å². The lowest BCUT2D eigenvalue weighted by Crippen LogP contribution is -2.45. The monoisotopic (exact) mass is 358 g/mol. The molecule has 1 fully saturated rings. The zero-order valence-electron chi connectivity index (χ0n) is 15.1. The number of likely N-dealkylation sites (tertiary alicyclic amines) is 1. The van der Waals surface area contributed by atoms with Crippen LogP contribution in [-0.4, -0.2) is 41.8 Å². The van der Waals surface area contributed by atoms with E-state index >= 15 is 0 Å². The Morgan fingerprint density at radius 3 is 2.62 bits per heavy atom. The Hall–Kier alpha value is -2.63. The van der Waals surface area contributed by atoms with E-state index < -0.39 is 0 Å². The Morgan fingerprint density at radius 2 is 1.96 bits per heavy atom. The predicted molar refractivity (Wildman–Crippen MR) is 94.9 cm³/mol. The van der Waals surface area contributed by atoms with Gasteiger partial charge < -0.3 is 14.2 Å². The first-order chi connectivity index (χ1) is 12.4. The topological polar surface area (TPSA) is 53.8 Å². The van der Waals surface area contributed by atoms with Gasteiger partial charge in [-0.1, -0.05) is 0 Å². The lowest BCUT2D eigenvalue weighted by molar-refractivity contribution is -0.136. The lowest BCUT2D eigenvalue weighted by Gasteiger charge is -2.34. The number of rotatable bonds is 4. The number of nitrogens with zero attached hydrogens (tertiary/aromatic N) is 2. The summed E-state index contributed by atoms with van der Waals surface area (Å²) in [5.41, 5.74) is 0.443. The van der Waals surface area contributed by atoms with Crippen molar-refractivity contribution in [1.82, 2.24) is 9.80 Å². The van der Waals surface area contributed by atoms with Crippen molar-refractivity contribution in [3.8, 4) is 0 Å². The normalized spacial score (nSPS) is 17.2. The summed E-state index contributed by atoms with van der Waals surface area (Å²) >= 11 is 0. The highest BCUT2D eigenvalue weighted by atomic mass is 19.1. The Balaban J connectivity index is 1.62. The number of hydrogen-bond donors (Lipinski definition) is 0. The quantitative estimate of drug-likeness (QED) is 0.843. The van der Waals surface area contributed by atoms with Gasteiger partial charge in [0, 0.05) is 25.7 Å². The molecule has 1 unspecified atom stereocenters. The summed E-state index contributed by atoms with van der Waals surface area (Å²) in [6.07, 6.45) is 1.53. The van der Waals surface area contributed by atoms with Gasteiger partial charge in [0.25, 0.3) is 5.91 Å². The minimum absolute atomic E-state index is 0.00987. The zero-order chi connectivity index (χ0) is 18.7. The van der Waals surface area contributed by atoms with E-state index in [2.05, 4.69) is 0 Å². The van der Waals surface area contributed by atoms with Gasteiger partial charge in [0.05, 0.1) is 12.5 Å². The first-order valence-corrected chi connectivity index (χ1v) is 8.79. The number of halogens is 1. The highest BCUT2D eigenvalue weighted by Gasteiger charge is 2.30. The molecule has 1 aliphatic rings. The van der Waals surface area contributed by atoms with Gasteiger partial charge in [0.2, 0.25) is 5.91 Å². The highest BCUT2D eigenvalue weighted by molar-refractivity contribution is 5.94. The first kappa shape index (κ1) is 18.2. The van der Waals surface area contributed by atoms with Gasteiger partial charge in [0.1, 0.15) is 17.3 Å². The van der Waals surface area contributed by atoms with Crippen LogP contribution >= 0.6 is 0 Å². The SMILES string of the molecule is Cc1ccc(CN(C)C(=O)C2CCCN(C(=O)c3ccc(F)cc3)C2)o1. The fourth-order valence-electron chi connectivity index (χ4n) is 3.33. The van der Waals surface area contributed by atoms with Gasteiger partial charge in [0.15, 0.2) is 0 Å². The summed E-state index contributed by atoms with van der Waals surface area (Å²) < 4.78 is 18.6. The molecule has 5 nitrogen and oxygen atoms in total. The molecule has 1 aromatic carbocycles. The molecule has 2 amide bonds. The van der Waals surface area contributed by atoms with Crippen molar-refractivity contribution in [3.63, 3.8) is 0 Å². The maximum atomic E-state index is 13.0. The molecule has 0 aliphatic carbocycles. The molecule has 0 bridgehead atoms. The van der Waals surface area contributed by atoms with E-state index in [4.69, 9.17) is 4.42 Å². The van der Waals surface area contributed by atoms with Crippen LogP contribution in [0.3, 0.4) is 0 Å². The average Bonchev–Trinajstić information content (AvgIpc) is 3.06. The average molecular weight is 358 g/mol. The fourth-order valence-corrected chi connectivity index (χ4v) is 3.33. The van der Waals surface area contributed by atoms with E-state index in [1.165, 1.54) is 24.3 Å². The largest absolute Gasteiger partial charge is 0.464 e. The number of aryl methyl sites for hydroxylation is 1. The van der Waals surface area contributed by atoms with Crippen molar-refractivity contribution in [2.24, 2.45) is 5.92 Å². The van der Waals surface area contributed by atoms with Crippen molar-refractivity contribution >= 4 is 11.8 Å². The summed E-state index contributed by atoms with van der Waals surface area (Å²) in [6.45, 7) is 3.28. The first-order valence-electron chi connectivity index (χ1n) is 8.79. The number of benzene rings is 1. The molecule has 1 saturated heterocycles. The Labute approximate surface area is 152 Å². The van der Waals surface area contributed by atoms with Crippen molar-refractivity contribution in [3.05, 3.63) is 59.3 Å². The van der Waals surface area contributed by atoms with Crippen molar-refractivity contribution in [2.45, 2.75) is 26.3 Å². The molecule has 6 heteroatoms. The van der Waals surface area contributed by atoms with E-state index in [0.717, 1.165) is 24.4 Å². The second-order valence-corrected chi connectivity index (χ2v) is 6.80. The molecule has 0 N–H and O–H groups in total. The van der Waals surface area contributed by atoms with Gasteiger partial charge in [-0.25, -0.2) is 4.39 Å². The molecule has 0 radical (unpaired) electrons. The standard InChI is InChI=1S/C20H23FN2O3/c1-14-5-10-18(26-14)13-22(2)19(24)16-4-3-11-23(12-16)20(25)15-6-8-17(21)9-7-15/h5-10,16H,3-4,11-13H2,1-2H3. The molecular formula is C20H23FN2O3. The smallest absolute Gasteiger partial charge is 0.253 e. The molecule has 2 heterocycles. The maximum absolute atomic E-state index is 13.0. The third kappa shape index (κ3) is 4.12. The minimum Gasteiger partial charge on any atom is -0.464 e. The lowest BCUT2D eigenvalue weighted by atomic mass is 9.96. The van der Waals surface area contributed by atoms with Crippen LogP contribution in [0.15, 0.2) is 40.8 Å². The maximum Gasteiger partial charge on any atom is 0.253 e. The summed E-state index contributed by atoms with van der Waals surface area (Å²) in [4.78, 5) is 28.7. The zero-order valence-corrected chi connectivity index (χ0v) is 15.1. The van der Waals surface area contributed by atoms with Crippen LogP contribution in [0, 0.1) is 18.7 Å². The fraction of sp³-hybridized carbons (Fsp3) is 0.400. The number of furan rings is 1. The predicted octanol–water partition coefficient (Wildman–Crippen LogP) is 3.24. The Kier molecular flexibility index (Phi) is 5.40. The summed E-state index contributed by atoms with van der Waals surface area (Å²) in [7, 11) is 1.75. The van der Waals surface area contributed by atoms with E-state index in [1.54, 1.807) is 16.8 Å². The van der Waals surface area contributed by atoms with E-state index in [-0.39, 0.29) is 23.5 Å². The summed E-state index contributed by atoms with van der Waals surface area (Å²) in [5.74, 6) is 0.808. The van der Waals surface area contributed by atoms with Crippen LogP contribution in [-0.2, 0) is 11.3 Å². The third-order valence-electron chi connectivity index (χ3n) is 4.71. The summed E-state index contributed by atoms with van der Waals surface area (Å²) in [5, 5.41) is 0. The molecule has 2 aromatic rings. The van der Waals surface area contributed by atoms with Gasteiger partial charge in [-0.05, 0) is 56.2 Å². The second kappa shape index (κ2) is 7.72. The van der Waals surface area contributed by atoms with Crippen LogP contribution in [0.25, 0.3) is 0 Å². The molecule has 1 aromatic heterocycles. The molecule has 3 rings (SSSR count). The highest BCUT2D eigenvalue weighted by Crippen LogP contribution is 2.21. The molecule has 138 valence electrons. The third-order valence-corrected chi connectivity index (χ3v) is 4.71. The van der Waals surface area contributed by atoms with E-state index in [1.807, 2.05) is 19.1 Å². The molecule has 1 atom stereocenters. The van der Waals surface area contributed by atoms with Crippen molar-refractivity contribution in [1.29, 1.82) is 0 Å². The number of carbonyl (C=O) groups is 2. The van der Waals surface area contributed by atoms with Crippen LogP contribution in [0.4, 0.5) is 4.39 Å². The summed E-state index contributed by atoms with van der Waals surface area (Å²) in [6, 6.07) is 9.25. The number of piperidine rings is 1. The minimum atomic E-state index is -0.372. The van der Waals surface area contributed by atoms with E-state index in [0.29, 0.717) is 25.2 Å². The number of amides is 2. The second-order valence-electron chi connectivity index (χ2n) is 6.80. The Morgan fingerprint density at radius 1 is 1.23 bits per heavy atom. The van der Waals surface area contributed by atoms with Crippen LogP contribution in [0.5, 0.6) is 0 Å². The van der Waals surface area contributed by atoms with Crippen molar-refractivity contribution in [2.75, 3.05) is 20.1 Å². The van der Waals surface area contributed by atoms with Gasteiger partial charge in [-0.3, -0.25) is 9.59 Å². The van der Waals surface area contributed by atoms with Crippen LogP contribution in [0.1, 0.15) is 34.7 Å². The molecule has 26 heavy (non-hydrogen) atoms. The molecule has 0 saturated carbocycles. The van der Waals surface area contributed by atoms with Crippen molar-refractivity contribution < 1.29 is 18.4 Å². The molecule has 0 spiro atoms.